The molecule has 2 aliphatic carbocycles. The van der Waals surface area contributed by atoms with Crippen molar-refractivity contribution >= 4 is 27.8 Å². The van der Waals surface area contributed by atoms with Gasteiger partial charge in [0, 0.05) is 28.2 Å². The summed E-state index contributed by atoms with van der Waals surface area (Å²) in [6.07, 6.45) is 0. The Morgan fingerprint density at radius 2 is 0.705 bits per heavy atom. The minimum atomic E-state index is -0.572. The Morgan fingerprint density at radius 3 is 1.38 bits per heavy atom. The molecule has 10 aromatic carbocycles. The summed E-state index contributed by atoms with van der Waals surface area (Å²) in [4.78, 5) is 2.40. The van der Waals surface area contributed by atoms with Gasteiger partial charge < -0.3 is 9.64 Å². The normalized spacial score (nSPS) is 13.2. The minimum absolute atomic E-state index is 0.572. The number of ether oxygens (including phenoxy) is 1. The number of nitrogens with zero attached hydrogens (tertiary/aromatic N) is 1. The number of hydrogen-bond acceptors (Lipinski definition) is 2. The van der Waals surface area contributed by atoms with Crippen molar-refractivity contribution in [3.63, 3.8) is 0 Å². The Morgan fingerprint density at radius 1 is 0.262 bits per heavy atom. The van der Waals surface area contributed by atoms with E-state index in [-0.39, 0.29) is 0 Å². The summed E-state index contributed by atoms with van der Waals surface area (Å²) in [5.41, 5.74) is 19.9. The van der Waals surface area contributed by atoms with Crippen LogP contribution in [0.3, 0.4) is 0 Å². The monoisotopic (exact) mass is 775 g/mol. The van der Waals surface area contributed by atoms with Crippen LogP contribution in [0, 0.1) is 0 Å². The van der Waals surface area contributed by atoms with Gasteiger partial charge in [0.25, 0.3) is 0 Å². The lowest BCUT2D eigenvalue weighted by molar-refractivity contribution is 0.488. The van der Waals surface area contributed by atoms with Gasteiger partial charge in [0.15, 0.2) is 0 Å². The molecule has 0 saturated heterocycles. The summed E-state index contributed by atoms with van der Waals surface area (Å²) in [6.45, 7) is 0. The van der Waals surface area contributed by atoms with E-state index < -0.39 is 5.41 Å². The van der Waals surface area contributed by atoms with Gasteiger partial charge in [0.2, 0.25) is 0 Å². The van der Waals surface area contributed by atoms with Gasteiger partial charge in [-0.25, -0.2) is 0 Å². The molecule has 0 saturated carbocycles. The highest BCUT2D eigenvalue weighted by Crippen LogP contribution is 2.62. The standard InChI is InChI=1S/C59H37NO/c1-2-18-40(19-3-1)60(42-31-33-58-52(37-42)46-23-9-8-22-45(46)49-26-12-15-29-57(49)61-58)41-30-32-55-51(36-41)50-34-38-16-4-5-17-39(38)35-56(50)59(55)53-27-13-10-24-47(53)43-20-6-7-21-44(43)48-25-11-14-28-54(48)59/h1-37H. The summed E-state index contributed by atoms with van der Waals surface area (Å²) < 4.78 is 6.70. The van der Waals surface area contributed by atoms with Crippen LogP contribution in [0.1, 0.15) is 22.3 Å². The molecule has 0 unspecified atom stereocenters. The second kappa shape index (κ2) is 13.0. The van der Waals surface area contributed by atoms with E-state index in [0.717, 1.165) is 50.8 Å². The van der Waals surface area contributed by atoms with E-state index in [1.807, 2.05) is 6.07 Å². The Bertz CT molecular complexity index is 3350. The molecule has 284 valence electrons. The summed E-state index contributed by atoms with van der Waals surface area (Å²) in [5, 5.41) is 2.48. The van der Waals surface area contributed by atoms with E-state index in [1.165, 1.54) is 66.4 Å². The third-order valence-corrected chi connectivity index (χ3v) is 13.3. The van der Waals surface area contributed by atoms with Crippen LogP contribution in [0.5, 0.6) is 11.5 Å². The van der Waals surface area contributed by atoms with Gasteiger partial charge in [0.05, 0.1) is 5.41 Å². The van der Waals surface area contributed by atoms with Crippen LogP contribution in [0.4, 0.5) is 17.1 Å². The van der Waals surface area contributed by atoms with Gasteiger partial charge in [0.1, 0.15) is 11.5 Å². The Hall–Kier alpha value is -7.94. The number of rotatable bonds is 3. The molecule has 3 aliphatic rings. The molecule has 1 spiro atoms. The van der Waals surface area contributed by atoms with E-state index in [2.05, 4.69) is 223 Å². The minimum Gasteiger partial charge on any atom is -0.456 e. The summed E-state index contributed by atoms with van der Waals surface area (Å²) >= 11 is 0. The zero-order chi connectivity index (χ0) is 40.1. The average Bonchev–Trinajstić information content (AvgIpc) is 3.44. The number of benzene rings is 10. The molecule has 0 atom stereocenters. The number of hydrogen-bond donors (Lipinski definition) is 0. The smallest absolute Gasteiger partial charge is 0.135 e. The third-order valence-electron chi connectivity index (χ3n) is 13.3. The maximum absolute atomic E-state index is 6.70. The van der Waals surface area contributed by atoms with Crippen molar-refractivity contribution < 1.29 is 4.74 Å². The second-order valence-electron chi connectivity index (χ2n) is 16.4. The van der Waals surface area contributed by atoms with E-state index in [1.54, 1.807) is 0 Å². The van der Waals surface area contributed by atoms with Crippen LogP contribution in [0.25, 0.3) is 66.4 Å². The number of para-hydroxylation sites is 2. The summed E-state index contributed by atoms with van der Waals surface area (Å²) in [5.74, 6) is 1.71. The van der Waals surface area contributed by atoms with Crippen molar-refractivity contribution in [2.24, 2.45) is 0 Å². The molecular formula is C59H37NO. The highest BCUT2D eigenvalue weighted by Gasteiger charge is 2.50. The zero-order valence-corrected chi connectivity index (χ0v) is 33.2. The fourth-order valence-electron chi connectivity index (χ4n) is 10.7. The molecule has 0 amide bonds. The molecule has 13 rings (SSSR count). The van der Waals surface area contributed by atoms with Gasteiger partial charge in [-0.1, -0.05) is 164 Å². The van der Waals surface area contributed by atoms with E-state index in [9.17, 15) is 0 Å². The van der Waals surface area contributed by atoms with Gasteiger partial charge in [-0.15, -0.1) is 0 Å². The Balaban J connectivity index is 1.09. The zero-order valence-electron chi connectivity index (χ0n) is 33.2. The molecule has 10 aromatic rings. The third kappa shape index (κ3) is 4.85. The lowest BCUT2D eigenvalue weighted by Crippen LogP contribution is -2.29. The van der Waals surface area contributed by atoms with Crippen molar-refractivity contribution in [3.05, 3.63) is 247 Å². The predicted octanol–water partition coefficient (Wildman–Crippen LogP) is 15.8. The largest absolute Gasteiger partial charge is 0.456 e. The molecule has 1 aliphatic heterocycles. The van der Waals surface area contributed by atoms with Crippen LogP contribution >= 0.6 is 0 Å². The maximum atomic E-state index is 6.70. The molecule has 0 bridgehead atoms. The number of anilines is 3. The Labute approximate surface area is 355 Å². The highest BCUT2D eigenvalue weighted by molar-refractivity contribution is 6.02. The van der Waals surface area contributed by atoms with Crippen LogP contribution in [0.2, 0.25) is 0 Å². The van der Waals surface area contributed by atoms with Crippen molar-refractivity contribution in [1.82, 2.24) is 0 Å². The Kier molecular flexibility index (Phi) is 7.26. The lowest BCUT2D eigenvalue weighted by atomic mass is 9.65. The van der Waals surface area contributed by atoms with E-state index in [0.29, 0.717) is 0 Å². The summed E-state index contributed by atoms with van der Waals surface area (Å²) in [6, 6.07) is 82.5. The SMILES string of the molecule is c1ccc(N(c2ccc3c(c2)-c2ccccc2-c2ccccc2O3)c2ccc3c(c2)-c2cc4ccccc4cc2C32c3ccccc3-c3ccccc3-c3ccccc32)cc1. The molecule has 0 N–H and O–H groups in total. The van der Waals surface area contributed by atoms with Crippen LogP contribution in [-0.2, 0) is 5.41 Å². The molecule has 0 fully saturated rings. The van der Waals surface area contributed by atoms with Gasteiger partial charge in [-0.05, 0) is 138 Å². The second-order valence-corrected chi connectivity index (χ2v) is 16.4. The first-order valence-electron chi connectivity index (χ1n) is 21.1. The van der Waals surface area contributed by atoms with Crippen molar-refractivity contribution in [3.8, 4) is 67.1 Å². The first kappa shape index (κ1) is 34.0. The van der Waals surface area contributed by atoms with Crippen molar-refractivity contribution in [2.75, 3.05) is 4.90 Å². The molecular weight excluding hydrogens is 739 g/mol. The quantitative estimate of drug-likeness (QED) is 0.177. The molecule has 1 heterocycles. The van der Waals surface area contributed by atoms with Crippen molar-refractivity contribution in [2.45, 2.75) is 5.41 Å². The van der Waals surface area contributed by atoms with Crippen molar-refractivity contribution in [1.29, 1.82) is 0 Å². The fraction of sp³-hybridized carbons (Fsp3) is 0.0169. The summed E-state index contributed by atoms with van der Waals surface area (Å²) in [7, 11) is 0. The first-order valence-corrected chi connectivity index (χ1v) is 21.1. The highest BCUT2D eigenvalue weighted by atomic mass is 16.5. The van der Waals surface area contributed by atoms with Crippen LogP contribution < -0.4 is 9.64 Å². The molecule has 61 heavy (non-hydrogen) atoms. The molecule has 2 nitrogen and oxygen atoms in total. The molecule has 0 radical (unpaired) electrons. The fourth-order valence-corrected chi connectivity index (χ4v) is 10.7. The maximum Gasteiger partial charge on any atom is 0.135 e. The van der Waals surface area contributed by atoms with Gasteiger partial charge in [-0.2, -0.15) is 0 Å². The van der Waals surface area contributed by atoms with E-state index >= 15 is 0 Å². The van der Waals surface area contributed by atoms with E-state index in [4.69, 9.17) is 4.74 Å². The van der Waals surface area contributed by atoms with Crippen LogP contribution in [0.15, 0.2) is 224 Å². The predicted molar refractivity (Wildman–Crippen MR) is 251 cm³/mol. The first-order chi connectivity index (χ1) is 30.3. The van der Waals surface area contributed by atoms with Gasteiger partial charge in [-0.3, -0.25) is 0 Å². The molecule has 2 heteroatoms. The van der Waals surface area contributed by atoms with Gasteiger partial charge >= 0.3 is 0 Å². The lowest BCUT2D eigenvalue weighted by Gasteiger charge is -2.35. The van der Waals surface area contributed by atoms with Crippen LogP contribution in [-0.4, -0.2) is 0 Å². The number of fused-ring (bicyclic) bond motifs is 18. The molecule has 0 aromatic heterocycles. The average molecular weight is 776 g/mol. The topological polar surface area (TPSA) is 12.5 Å².